The molecule has 0 aromatic heterocycles. The van der Waals surface area contributed by atoms with Crippen molar-refractivity contribution in [3.8, 4) is 5.75 Å². The number of ether oxygens (including phenoxy) is 2. The van der Waals surface area contributed by atoms with E-state index in [-0.39, 0.29) is 0 Å². The van der Waals surface area contributed by atoms with E-state index in [1.165, 1.54) is 0 Å². The Morgan fingerprint density at radius 3 is 2.82 bits per heavy atom. The van der Waals surface area contributed by atoms with Crippen LogP contribution in [0, 0.1) is 0 Å². The highest BCUT2D eigenvalue weighted by molar-refractivity contribution is 6.30. The maximum atomic E-state index is 11.4. The SMILES string of the molecule is CCOC(=O)C(N)Cc1cc(Cl)ccc1OC. The van der Waals surface area contributed by atoms with E-state index in [2.05, 4.69) is 0 Å². The van der Waals surface area contributed by atoms with Crippen molar-refractivity contribution in [3.05, 3.63) is 28.8 Å². The molecular formula is C12H16ClNO3. The normalized spacial score (nSPS) is 12.0. The molecule has 94 valence electrons. The summed E-state index contributed by atoms with van der Waals surface area (Å²) in [7, 11) is 1.56. The lowest BCUT2D eigenvalue weighted by Gasteiger charge is -2.13. The lowest BCUT2D eigenvalue weighted by molar-refractivity contribution is -0.144. The van der Waals surface area contributed by atoms with Gasteiger partial charge in [0.05, 0.1) is 13.7 Å². The molecule has 0 fully saturated rings. The number of benzene rings is 1. The first kappa shape index (κ1) is 13.8. The van der Waals surface area contributed by atoms with Gasteiger partial charge in [-0.05, 0) is 30.7 Å². The molecule has 5 heteroatoms. The van der Waals surface area contributed by atoms with Gasteiger partial charge < -0.3 is 15.2 Å². The second kappa shape index (κ2) is 6.47. The molecule has 1 atom stereocenters. The van der Waals surface area contributed by atoms with Crippen molar-refractivity contribution in [1.29, 1.82) is 0 Å². The quantitative estimate of drug-likeness (QED) is 0.817. The Balaban J connectivity index is 2.79. The number of methoxy groups -OCH3 is 1. The fraction of sp³-hybridized carbons (Fsp3) is 0.417. The summed E-state index contributed by atoms with van der Waals surface area (Å²) in [5.74, 6) is 0.240. The third kappa shape index (κ3) is 3.91. The van der Waals surface area contributed by atoms with Gasteiger partial charge in [0, 0.05) is 11.4 Å². The second-order valence-electron chi connectivity index (χ2n) is 3.52. The molecule has 0 spiro atoms. The molecule has 0 bridgehead atoms. The summed E-state index contributed by atoms with van der Waals surface area (Å²) < 4.78 is 10.0. The zero-order valence-corrected chi connectivity index (χ0v) is 10.7. The van der Waals surface area contributed by atoms with Crippen LogP contribution in [0.1, 0.15) is 12.5 Å². The summed E-state index contributed by atoms with van der Waals surface area (Å²) in [4.78, 5) is 11.4. The molecule has 2 N–H and O–H groups in total. The van der Waals surface area contributed by atoms with Gasteiger partial charge in [0.25, 0.3) is 0 Å². The first-order valence-electron chi connectivity index (χ1n) is 5.33. The van der Waals surface area contributed by atoms with Crippen molar-refractivity contribution in [2.75, 3.05) is 13.7 Å². The van der Waals surface area contributed by atoms with E-state index in [9.17, 15) is 4.79 Å². The highest BCUT2D eigenvalue weighted by Gasteiger charge is 2.17. The molecule has 4 nitrogen and oxygen atoms in total. The Morgan fingerprint density at radius 2 is 2.24 bits per heavy atom. The summed E-state index contributed by atoms with van der Waals surface area (Å²) >= 11 is 5.89. The third-order valence-corrected chi connectivity index (χ3v) is 2.51. The van der Waals surface area contributed by atoms with Crippen LogP contribution in [0.3, 0.4) is 0 Å². The smallest absolute Gasteiger partial charge is 0.323 e. The summed E-state index contributed by atoms with van der Waals surface area (Å²) in [6, 6.07) is 4.50. The first-order valence-corrected chi connectivity index (χ1v) is 5.71. The number of esters is 1. The summed E-state index contributed by atoms with van der Waals surface area (Å²) in [5, 5.41) is 0.580. The van der Waals surface area contributed by atoms with E-state index in [0.717, 1.165) is 5.56 Å². The van der Waals surface area contributed by atoms with E-state index in [4.69, 9.17) is 26.8 Å². The number of hydrogen-bond acceptors (Lipinski definition) is 4. The maximum Gasteiger partial charge on any atom is 0.323 e. The Hall–Kier alpha value is -1.26. The minimum Gasteiger partial charge on any atom is -0.496 e. The van der Waals surface area contributed by atoms with Crippen LogP contribution in [0.2, 0.25) is 5.02 Å². The van der Waals surface area contributed by atoms with Gasteiger partial charge in [0.15, 0.2) is 0 Å². The molecule has 1 aromatic rings. The lowest BCUT2D eigenvalue weighted by atomic mass is 10.1. The molecule has 0 saturated carbocycles. The third-order valence-electron chi connectivity index (χ3n) is 2.27. The Kier molecular flexibility index (Phi) is 5.25. The second-order valence-corrected chi connectivity index (χ2v) is 3.96. The first-order chi connectivity index (χ1) is 8.08. The molecule has 1 unspecified atom stereocenters. The lowest BCUT2D eigenvalue weighted by Crippen LogP contribution is -2.34. The van der Waals surface area contributed by atoms with Crippen molar-refractivity contribution in [2.24, 2.45) is 5.73 Å². The molecular weight excluding hydrogens is 242 g/mol. The predicted octanol–water partition coefficient (Wildman–Crippen LogP) is 1.78. The van der Waals surface area contributed by atoms with Gasteiger partial charge in [-0.3, -0.25) is 4.79 Å². The van der Waals surface area contributed by atoms with Crippen LogP contribution in [0.15, 0.2) is 18.2 Å². The fourth-order valence-corrected chi connectivity index (χ4v) is 1.67. The molecule has 1 aromatic carbocycles. The molecule has 0 heterocycles. The number of nitrogens with two attached hydrogens (primary N) is 1. The van der Waals surface area contributed by atoms with Gasteiger partial charge >= 0.3 is 5.97 Å². The summed E-state index contributed by atoms with van der Waals surface area (Å²) in [6.07, 6.45) is 0.336. The van der Waals surface area contributed by atoms with Gasteiger partial charge in [-0.2, -0.15) is 0 Å². The van der Waals surface area contributed by atoms with Crippen molar-refractivity contribution in [1.82, 2.24) is 0 Å². The van der Waals surface area contributed by atoms with Crippen LogP contribution in [0.5, 0.6) is 5.75 Å². The summed E-state index contributed by atoms with van der Waals surface area (Å²) in [5.41, 5.74) is 6.53. The number of hydrogen-bond donors (Lipinski definition) is 1. The van der Waals surface area contributed by atoms with Crippen LogP contribution in [-0.2, 0) is 16.0 Å². The number of carbonyl (C=O) groups is 1. The van der Waals surface area contributed by atoms with Crippen molar-refractivity contribution < 1.29 is 14.3 Å². The molecule has 0 aliphatic heterocycles. The van der Waals surface area contributed by atoms with Gasteiger partial charge in [0.1, 0.15) is 11.8 Å². The van der Waals surface area contributed by atoms with E-state index in [1.807, 2.05) is 0 Å². The van der Waals surface area contributed by atoms with Gasteiger partial charge in [0.2, 0.25) is 0 Å². The largest absolute Gasteiger partial charge is 0.496 e. The highest BCUT2D eigenvalue weighted by Crippen LogP contribution is 2.23. The molecule has 0 saturated heterocycles. The zero-order valence-electron chi connectivity index (χ0n) is 9.90. The van der Waals surface area contributed by atoms with Gasteiger partial charge in [-0.15, -0.1) is 0 Å². The van der Waals surface area contributed by atoms with E-state index in [0.29, 0.717) is 23.8 Å². The molecule has 17 heavy (non-hydrogen) atoms. The van der Waals surface area contributed by atoms with Gasteiger partial charge in [-0.25, -0.2) is 0 Å². The maximum absolute atomic E-state index is 11.4. The number of carbonyl (C=O) groups excluding carboxylic acids is 1. The van der Waals surface area contributed by atoms with E-state index >= 15 is 0 Å². The molecule has 0 aliphatic carbocycles. The minimum atomic E-state index is -0.706. The average molecular weight is 258 g/mol. The Bertz CT molecular complexity index is 395. The minimum absolute atomic E-state index is 0.319. The monoisotopic (exact) mass is 257 g/mol. The predicted molar refractivity (Wildman–Crippen MR) is 66.3 cm³/mol. The molecule has 1 rings (SSSR count). The van der Waals surface area contributed by atoms with Crippen molar-refractivity contribution in [2.45, 2.75) is 19.4 Å². The van der Waals surface area contributed by atoms with Crippen LogP contribution in [0.4, 0.5) is 0 Å². The zero-order chi connectivity index (χ0) is 12.8. The Morgan fingerprint density at radius 1 is 1.53 bits per heavy atom. The van der Waals surface area contributed by atoms with E-state index < -0.39 is 12.0 Å². The van der Waals surface area contributed by atoms with Gasteiger partial charge in [-0.1, -0.05) is 11.6 Å². The van der Waals surface area contributed by atoms with Crippen LogP contribution in [0.25, 0.3) is 0 Å². The number of rotatable bonds is 5. The fourth-order valence-electron chi connectivity index (χ4n) is 1.48. The molecule has 0 radical (unpaired) electrons. The molecule has 0 aliphatic rings. The Labute approximate surface area is 106 Å². The van der Waals surface area contributed by atoms with Crippen LogP contribution < -0.4 is 10.5 Å². The van der Waals surface area contributed by atoms with Crippen LogP contribution >= 0.6 is 11.6 Å². The average Bonchev–Trinajstić information content (AvgIpc) is 2.29. The molecule has 0 amide bonds. The topological polar surface area (TPSA) is 61.5 Å². The van der Waals surface area contributed by atoms with Crippen LogP contribution in [-0.4, -0.2) is 25.7 Å². The van der Waals surface area contributed by atoms with Crippen molar-refractivity contribution >= 4 is 17.6 Å². The van der Waals surface area contributed by atoms with E-state index in [1.54, 1.807) is 32.2 Å². The summed E-state index contributed by atoms with van der Waals surface area (Å²) in [6.45, 7) is 2.06. The van der Waals surface area contributed by atoms with Crippen molar-refractivity contribution in [3.63, 3.8) is 0 Å². The standard InChI is InChI=1S/C12H16ClNO3/c1-3-17-12(15)10(14)7-8-6-9(13)4-5-11(8)16-2/h4-6,10H,3,7,14H2,1-2H3. The highest BCUT2D eigenvalue weighted by atomic mass is 35.5. The number of halogens is 1.